The molecule has 0 saturated heterocycles. The summed E-state index contributed by atoms with van der Waals surface area (Å²) in [7, 11) is 0. The van der Waals surface area contributed by atoms with Gasteiger partial charge < -0.3 is 5.32 Å². The number of carbonyl (C=O) groups excluding carboxylic acids is 1. The number of rotatable bonds is 2. The predicted octanol–water partition coefficient (Wildman–Crippen LogP) is 3.30. The molecule has 1 heterocycles. The summed E-state index contributed by atoms with van der Waals surface area (Å²) in [4.78, 5) is 15.9. The van der Waals surface area contributed by atoms with Crippen LogP contribution in [0, 0.1) is 6.92 Å². The molecule has 4 heteroatoms. The molecule has 1 aromatic heterocycles. The maximum absolute atomic E-state index is 12.0. The van der Waals surface area contributed by atoms with Gasteiger partial charge in [0.2, 0.25) is 0 Å². The molecule has 17 heavy (non-hydrogen) atoms. The van der Waals surface area contributed by atoms with Crippen LogP contribution in [0.3, 0.4) is 0 Å². The summed E-state index contributed by atoms with van der Waals surface area (Å²) in [6.07, 6.45) is 3.24. The van der Waals surface area contributed by atoms with Crippen molar-refractivity contribution in [2.45, 2.75) is 6.92 Å². The summed E-state index contributed by atoms with van der Waals surface area (Å²) in [5, 5.41) is 3.21. The van der Waals surface area contributed by atoms with Crippen LogP contribution in [-0.4, -0.2) is 10.9 Å². The summed E-state index contributed by atoms with van der Waals surface area (Å²) in [5.41, 5.74) is 2.17. The van der Waals surface area contributed by atoms with Gasteiger partial charge in [-0.2, -0.15) is 0 Å². The monoisotopic (exact) mass is 246 g/mol. The second kappa shape index (κ2) is 4.97. The molecule has 0 atom stereocenters. The molecule has 2 aromatic rings. The third kappa shape index (κ3) is 2.82. The molecule has 0 aliphatic rings. The van der Waals surface area contributed by atoms with Gasteiger partial charge in [-0.25, -0.2) is 0 Å². The maximum Gasteiger partial charge on any atom is 0.257 e. The third-order valence-electron chi connectivity index (χ3n) is 2.30. The molecule has 0 saturated carbocycles. The molecule has 0 radical (unpaired) electrons. The Labute approximate surface area is 104 Å². The minimum atomic E-state index is -0.218. The molecule has 1 aromatic carbocycles. The van der Waals surface area contributed by atoms with E-state index in [2.05, 4.69) is 10.3 Å². The van der Waals surface area contributed by atoms with Crippen LogP contribution in [0.2, 0.25) is 5.02 Å². The number of nitrogens with one attached hydrogen (secondary N) is 1. The van der Waals surface area contributed by atoms with Gasteiger partial charge in [0.25, 0.3) is 5.91 Å². The number of benzene rings is 1. The van der Waals surface area contributed by atoms with E-state index in [1.165, 1.54) is 0 Å². The van der Waals surface area contributed by atoms with Crippen LogP contribution in [0.25, 0.3) is 0 Å². The molecule has 0 aliphatic carbocycles. The third-order valence-corrected chi connectivity index (χ3v) is 2.63. The highest BCUT2D eigenvalue weighted by Crippen LogP contribution is 2.18. The molecule has 0 aliphatic heterocycles. The zero-order valence-corrected chi connectivity index (χ0v) is 10.0. The quantitative estimate of drug-likeness (QED) is 0.884. The topological polar surface area (TPSA) is 42.0 Å². The number of hydrogen-bond donors (Lipinski definition) is 1. The number of amides is 1. The second-order valence-corrected chi connectivity index (χ2v) is 4.08. The molecule has 0 bridgehead atoms. The first kappa shape index (κ1) is 11.6. The zero-order valence-electron chi connectivity index (χ0n) is 9.27. The molecule has 86 valence electrons. The lowest BCUT2D eigenvalue weighted by atomic mass is 10.1. The van der Waals surface area contributed by atoms with Crippen molar-refractivity contribution in [2.24, 2.45) is 0 Å². The SMILES string of the molecule is Cc1ccc(Cl)c(C(=O)Nc2ccncc2)c1. The van der Waals surface area contributed by atoms with E-state index in [0.717, 1.165) is 5.56 Å². The molecule has 1 amide bonds. The molecule has 0 fully saturated rings. The Kier molecular flexibility index (Phi) is 3.40. The van der Waals surface area contributed by atoms with Crippen LogP contribution >= 0.6 is 11.6 Å². The fourth-order valence-corrected chi connectivity index (χ4v) is 1.65. The maximum atomic E-state index is 12.0. The van der Waals surface area contributed by atoms with E-state index in [1.54, 1.807) is 36.7 Å². The number of hydrogen-bond acceptors (Lipinski definition) is 2. The van der Waals surface area contributed by atoms with E-state index >= 15 is 0 Å². The highest BCUT2D eigenvalue weighted by Gasteiger charge is 2.10. The van der Waals surface area contributed by atoms with Crippen LogP contribution < -0.4 is 5.32 Å². The molecule has 3 nitrogen and oxygen atoms in total. The first-order valence-corrected chi connectivity index (χ1v) is 5.52. The highest BCUT2D eigenvalue weighted by molar-refractivity contribution is 6.34. The van der Waals surface area contributed by atoms with E-state index < -0.39 is 0 Å². The Morgan fingerprint density at radius 1 is 1.24 bits per heavy atom. The van der Waals surface area contributed by atoms with Gasteiger partial charge >= 0.3 is 0 Å². The van der Waals surface area contributed by atoms with E-state index in [1.807, 2.05) is 13.0 Å². The van der Waals surface area contributed by atoms with Gasteiger partial charge in [-0.15, -0.1) is 0 Å². The lowest BCUT2D eigenvalue weighted by Gasteiger charge is -2.07. The smallest absolute Gasteiger partial charge is 0.257 e. The normalized spacial score (nSPS) is 10.0. The lowest BCUT2D eigenvalue weighted by molar-refractivity contribution is 0.102. The number of anilines is 1. The number of carbonyl (C=O) groups is 1. The van der Waals surface area contributed by atoms with Crippen molar-refractivity contribution >= 4 is 23.2 Å². The largest absolute Gasteiger partial charge is 0.322 e. The summed E-state index contributed by atoms with van der Waals surface area (Å²) < 4.78 is 0. The van der Waals surface area contributed by atoms with Crippen LogP contribution in [0.5, 0.6) is 0 Å². The van der Waals surface area contributed by atoms with Crippen LogP contribution in [0.15, 0.2) is 42.7 Å². The summed E-state index contributed by atoms with van der Waals surface area (Å²) >= 11 is 5.98. The Hall–Kier alpha value is -1.87. The van der Waals surface area contributed by atoms with Gasteiger partial charge in [0, 0.05) is 18.1 Å². The Bertz CT molecular complexity index is 540. The Morgan fingerprint density at radius 2 is 1.94 bits per heavy atom. The molecular formula is C13H11ClN2O. The molecule has 0 unspecified atom stereocenters. The van der Waals surface area contributed by atoms with E-state index in [-0.39, 0.29) is 5.91 Å². The van der Waals surface area contributed by atoms with Crippen LogP contribution in [-0.2, 0) is 0 Å². The summed E-state index contributed by atoms with van der Waals surface area (Å²) in [6.45, 7) is 1.92. The summed E-state index contributed by atoms with van der Waals surface area (Å²) in [5.74, 6) is -0.218. The predicted molar refractivity (Wildman–Crippen MR) is 68.4 cm³/mol. The van der Waals surface area contributed by atoms with E-state index in [0.29, 0.717) is 16.3 Å². The molecule has 1 N–H and O–H groups in total. The Balaban J connectivity index is 2.23. The van der Waals surface area contributed by atoms with Crippen LogP contribution in [0.1, 0.15) is 15.9 Å². The molecule has 0 spiro atoms. The average Bonchev–Trinajstić information content (AvgIpc) is 2.33. The standard InChI is InChI=1S/C13H11ClN2O/c1-9-2-3-12(14)11(8-9)13(17)16-10-4-6-15-7-5-10/h2-8H,1H3,(H,15,16,17). The first-order valence-electron chi connectivity index (χ1n) is 5.14. The second-order valence-electron chi connectivity index (χ2n) is 3.67. The number of nitrogens with zero attached hydrogens (tertiary/aromatic N) is 1. The van der Waals surface area contributed by atoms with E-state index in [4.69, 9.17) is 11.6 Å². The van der Waals surface area contributed by atoms with Crippen molar-refractivity contribution in [3.05, 3.63) is 58.9 Å². The van der Waals surface area contributed by atoms with Crippen molar-refractivity contribution < 1.29 is 4.79 Å². The minimum Gasteiger partial charge on any atom is -0.322 e. The van der Waals surface area contributed by atoms with Gasteiger partial charge in [-0.3, -0.25) is 9.78 Å². The number of aromatic nitrogens is 1. The van der Waals surface area contributed by atoms with Gasteiger partial charge in [0.1, 0.15) is 0 Å². The fraction of sp³-hybridized carbons (Fsp3) is 0.0769. The van der Waals surface area contributed by atoms with Crippen molar-refractivity contribution in [3.8, 4) is 0 Å². The van der Waals surface area contributed by atoms with Crippen molar-refractivity contribution in [2.75, 3.05) is 5.32 Å². The summed E-state index contributed by atoms with van der Waals surface area (Å²) in [6, 6.07) is 8.80. The van der Waals surface area contributed by atoms with Gasteiger partial charge in [-0.05, 0) is 31.2 Å². The first-order chi connectivity index (χ1) is 8.16. The minimum absolute atomic E-state index is 0.218. The molecular weight excluding hydrogens is 236 g/mol. The van der Waals surface area contributed by atoms with Gasteiger partial charge in [0.15, 0.2) is 0 Å². The van der Waals surface area contributed by atoms with Crippen molar-refractivity contribution in [3.63, 3.8) is 0 Å². The molecule has 2 rings (SSSR count). The van der Waals surface area contributed by atoms with Gasteiger partial charge in [0.05, 0.1) is 10.6 Å². The fourth-order valence-electron chi connectivity index (χ4n) is 1.45. The Morgan fingerprint density at radius 3 is 2.65 bits per heavy atom. The van der Waals surface area contributed by atoms with Crippen molar-refractivity contribution in [1.29, 1.82) is 0 Å². The highest BCUT2D eigenvalue weighted by atomic mass is 35.5. The van der Waals surface area contributed by atoms with Gasteiger partial charge in [-0.1, -0.05) is 23.2 Å². The van der Waals surface area contributed by atoms with Crippen molar-refractivity contribution in [1.82, 2.24) is 4.98 Å². The average molecular weight is 247 g/mol. The number of pyridine rings is 1. The zero-order chi connectivity index (χ0) is 12.3. The number of aryl methyl sites for hydroxylation is 1. The lowest BCUT2D eigenvalue weighted by Crippen LogP contribution is -2.12. The number of halogens is 1. The van der Waals surface area contributed by atoms with Crippen LogP contribution in [0.4, 0.5) is 5.69 Å². The van der Waals surface area contributed by atoms with E-state index in [9.17, 15) is 4.79 Å².